The number of nitrogens with one attached hydrogen (secondary N) is 3. The minimum atomic E-state index is -0.236. The average molecular weight is 369 g/mol. The van der Waals surface area contributed by atoms with Crippen LogP contribution in [-0.4, -0.2) is 31.3 Å². The van der Waals surface area contributed by atoms with E-state index < -0.39 is 0 Å². The Kier molecular flexibility index (Phi) is 6.32. The monoisotopic (exact) mass is 369 g/mol. The summed E-state index contributed by atoms with van der Waals surface area (Å²) in [6.07, 6.45) is -0.236. The zero-order chi connectivity index (χ0) is 19.2. The summed E-state index contributed by atoms with van der Waals surface area (Å²) < 4.78 is 11.4. The van der Waals surface area contributed by atoms with Gasteiger partial charge in [-0.3, -0.25) is 10.2 Å². The highest BCUT2D eigenvalue weighted by Crippen LogP contribution is 2.34. The molecular formula is C21H27N3O3. The van der Waals surface area contributed by atoms with Crippen LogP contribution in [0.15, 0.2) is 48.5 Å². The summed E-state index contributed by atoms with van der Waals surface area (Å²) >= 11 is 0. The Balaban J connectivity index is 1.82. The second kappa shape index (κ2) is 8.88. The van der Waals surface area contributed by atoms with E-state index in [1.807, 2.05) is 50.2 Å². The fourth-order valence-corrected chi connectivity index (χ4v) is 3.39. The predicted octanol–water partition coefficient (Wildman–Crippen LogP) is 2.82. The lowest BCUT2D eigenvalue weighted by Gasteiger charge is -2.23. The Morgan fingerprint density at radius 2 is 1.70 bits per heavy atom. The third-order valence-electron chi connectivity index (χ3n) is 4.64. The maximum Gasteiger partial charge on any atom is 0.252 e. The van der Waals surface area contributed by atoms with E-state index in [0.717, 1.165) is 17.1 Å². The SMILES string of the molecule is CCOc1ccc(C2C(C)NNC2NC(=O)c2ccccc2)cc1OCC. The lowest BCUT2D eigenvalue weighted by Crippen LogP contribution is -2.46. The van der Waals surface area contributed by atoms with Crippen LogP contribution in [-0.2, 0) is 0 Å². The van der Waals surface area contributed by atoms with Crippen molar-refractivity contribution in [3.63, 3.8) is 0 Å². The molecule has 3 N–H and O–H groups in total. The van der Waals surface area contributed by atoms with Gasteiger partial charge in [0.25, 0.3) is 5.91 Å². The molecular weight excluding hydrogens is 342 g/mol. The van der Waals surface area contributed by atoms with Gasteiger partial charge >= 0.3 is 0 Å². The normalized spacial score (nSPS) is 21.7. The standard InChI is InChI=1S/C21H27N3O3/c1-4-26-17-12-11-16(13-18(17)27-5-2)19-14(3)23-24-20(19)22-21(25)15-9-7-6-8-10-15/h6-14,19-20,23-24H,4-5H2,1-3H3,(H,22,25). The van der Waals surface area contributed by atoms with E-state index in [4.69, 9.17) is 9.47 Å². The third kappa shape index (κ3) is 4.40. The van der Waals surface area contributed by atoms with Gasteiger partial charge in [0.2, 0.25) is 0 Å². The molecule has 144 valence electrons. The first-order valence-corrected chi connectivity index (χ1v) is 9.40. The Bertz CT molecular complexity index is 767. The molecule has 0 bridgehead atoms. The molecule has 27 heavy (non-hydrogen) atoms. The Morgan fingerprint density at radius 1 is 1.00 bits per heavy atom. The molecule has 1 aliphatic rings. The summed E-state index contributed by atoms with van der Waals surface area (Å²) in [4.78, 5) is 12.6. The van der Waals surface area contributed by atoms with Crippen molar-refractivity contribution in [2.45, 2.75) is 38.9 Å². The van der Waals surface area contributed by atoms with Crippen molar-refractivity contribution in [1.29, 1.82) is 0 Å². The molecule has 2 aromatic carbocycles. The predicted molar refractivity (Wildman–Crippen MR) is 105 cm³/mol. The summed E-state index contributed by atoms with van der Waals surface area (Å²) in [5, 5.41) is 3.08. The van der Waals surface area contributed by atoms with E-state index in [0.29, 0.717) is 18.8 Å². The molecule has 3 atom stereocenters. The van der Waals surface area contributed by atoms with Crippen molar-refractivity contribution in [3.05, 3.63) is 59.7 Å². The van der Waals surface area contributed by atoms with Crippen molar-refractivity contribution in [1.82, 2.24) is 16.2 Å². The maximum atomic E-state index is 12.6. The van der Waals surface area contributed by atoms with Gasteiger partial charge in [0.05, 0.1) is 13.2 Å². The van der Waals surface area contributed by atoms with Crippen molar-refractivity contribution in [2.24, 2.45) is 0 Å². The molecule has 0 aromatic heterocycles. The first-order chi connectivity index (χ1) is 13.1. The van der Waals surface area contributed by atoms with Gasteiger partial charge in [-0.2, -0.15) is 0 Å². The summed E-state index contributed by atoms with van der Waals surface area (Å²) in [6.45, 7) is 7.13. The average Bonchev–Trinajstić information content (AvgIpc) is 3.04. The van der Waals surface area contributed by atoms with Gasteiger partial charge in [-0.05, 0) is 50.6 Å². The van der Waals surface area contributed by atoms with E-state index in [1.165, 1.54) is 0 Å². The van der Waals surface area contributed by atoms with Crippen molar-refractivity contribution in [3.8, 4) is 11.5 Å². The summed E-state index contributed by atoms with van der Waals surface area (Å²) in [5.74, 6) is 1.40. The van der Waals surface area contributed by atoms with Crippen LogP contribution in [0.25, 0.3) is 0 Å². The highest BCUT2D eigenvalue weighted by Gasteiger charge is 2.35. The topological polar surface area (TPSA) is 71.6 Å². The van der Waals surface area contributed by atoms with Crippen LogP contribution >= 0.6 is 0 Å². The van der Waals surface area contributed by atoms with Crippen LogP contribution in [0.4, 0.5) is 0 Å². The second-order valence-electron chi connectivity index (χ2n) is 6.49. The van der Waals surface area contributed by atoms with Gasteiger partial charge in [-0.25, -0.2) is 5.43 Å². The van der Waals surface area contributed by atoms with Crippen LogP contribution in [0.5, 0.6) is 11.5 Å². The molecule has 2 aromatic rings. The molecule has 3 rings (SSSR count). The van der Waals surface area contributed by atoms with E-state index >= 15 is 0 Å². The zero-order valence-electron chi connectivity index (χ0n) is 16.0. The summed E-state index contributed by atoms with van der Waals surface area (Å²) in [6, 6.07) is 15.3. The van der Waals surface area contributed by atoms with Crippen molar-refractivity contribution >= 4 is 5.91 Å². The van der Waals surface area contributed by atoms with Gasteiger partial charge in [0.15, 0.2) is 11.5 Å². The molecule has 6 nitrogen and oxygen atoms in total. The summed E-state index contributed by atoms with van der Waals surface area (Å²) in [7, 11) is 0. The second-order valence-corrected chi connectivity index (χ2v) is 6.49. The van der Waals surface area contributed by atoms with E-state index in [-0.39, 0.29) is 24.0 Å². The number of amides is 1. The van der Waals surface area contributed by atoms with Gasteiger partial charge < -0.3 is 14.8 Å². The number of benzene rings is 2. The number of rotatable bonds is 7. The third-order valence-corrected chi connectivity index (χ3v) is 4.64. The first kappa shape index (κ1) is 19.2. The molecule has 1 aliphatic heterocycles. The van der Waals surface area contributed by atoms with E-state index in [2.05, 4.69) is 23.1 Å². The van der Waals surface area contributed by atoms with E-state index in [9.17, 15) is 4.79 Å². The fourth-order valence-electron chi connectivity index (χ4n) is 3.39. The minimum Gasteiger partial charge on any atom is -0.490 e. The Hall–Kier alpha value is -2.57. The van der Waals surface area contributed by atoms with Crippen molar-refractivity contribution in [2.75, 3.05) is 13.2 Å². The molecule has 0 spiro atoms. The number of hydrazine groups is 1. The van der Waals surface area contributed by atoms with Crippen LogP contribution in [0.1, 0.15) is 42.6 Å². The van der Waals surface area contributed by atoms with E-state index in [1.54, 1.807) is 12.1 Å². The molecule has 1 fully saturated rings. The van der Waals surface area contributed by atoms with Crippen LogP contribution < -0.4 is 25.6 Å². The first-order valence-electron chi connectivity index (χ1n) is 9.40. The number of hydrogen-bond acceptors (Lipinski definition) is 5. The van der Waals surface area contributed by atoms with Gasteiger partial charge in [0.1, 0.15) is 6.17 Å². The lowest BCUT2D eigenvalue weighted by molar-refractivity contribution is 0.0928. The Labute approximate surface area is 160 Å². The van der Waals surface area contributed by atoms with Crippen LogP contribution in [0, 0.1) is 0 Å². The molecule has 3 unspecified atom stereocenters. The van der Waals surface area contributed by atoms with Crippen LogP contribution in [0.2, 0.25) is 0 Å². The van der Waals surface area contributed by atoms with Crippen LogP contribution in [0.3, 0.4) is 0 Å². The molecule has 1 heterocycles. The number of ether oxygens (including phenoxy) is 2. The van der Waals surface area contributed by atoms with Gasteiger partial charge in [0, 0.05) is 17.5 Å². The fraction of sp³-hybridized carbons (Fsp3) is 0.381. The quantitative estimate of drug-likeness (QED) is 0.700. The van der Waals surface area contributed by atoms with Gasteiger partial charge in [-0.15, -0.1) is 0 Å². The van der Waals surface area contributed by atoms with Gasteiger partial charge in [-0.1, -0.05) is 24.3 Å². The Morgan fingerprint density at radius 3 is 2.41 bits per heavy atom. The molecule has 0 radical (unpaired) electrons. The molecule has 1 amide bonds. The summed E-state index contributed by atoms with van der Waals surface area (Å²) in [5.41, 5.74) is 8.13. The number of carbonyl (C=O) groups is 1. The highest BCUT2D eigenvalue weighted by atomic mass is 16.5. The smallest absolute Gasteiger partial charge is 0.252 e. The molecule has 0 saturated carbocycles. The molecule has 0 aliphatic carbocycles. The zero-order valence-corrected chi connectivity index (χ0v) is 16.0. The number of carbonyl (C=O) groups excluding carboxylic acids is 1. The number of hydrogen-bond donors (Lipinski definition) is 3. The largest absolute Gasteiger partial charge is 0.490 e. The lowest BCUT2D eigenvalue weighted by atomic mass is 9.91. The minimum absolute atomic E-state index is 0.0487. The molecule has 1 saturated heterocycles. The highest BCUT2D eigenvalue weighted by molar-refractivity contribution is 5.94. The molecule has 6 heteroatoms. The van der Waals surface area contributed by atoms with Crippen molar-refractivity contribution < 1.29 is 14.3 Å². The maximum absolute atomic E-state index is 12.6.